The number of aliphatic imine (C=N–C) groups is 1. The molecule has 0 heterocycles. The summed E-state index contributed by atoms with van der Waals surface area (Å²) >= 11 is 5.87. The summed E-state index contributed by atoms with van der Waals surface area (Å²) in [5.74, 6) is 2.13. The second kappa shape index (κ2) is 13.4. The van der Waals surface area contributed by atoms with E-state index in [9.17, 15) is 5.11 Å². The Morgan fingerprint density at radius 1 is 1.30 bits per heavy atom. The lowest BCUT2D eigenvalue weighted by Gasteiger charge is -2.18. The van der Waals surface area contributed by atoms with E-state index >= 15 is 0 Å². The average molecular weight is 512 g/mol. The first-order valence-electron chi connectivity index (χ1n) is 9.27. The van der Waals surface area contributed by atoms with Crippen LogP contribution in [0.3, 0.4) is 0 Å². The highest BCUT2D eigenvalue weighted by Gasteiger charge is 2.21. The molecule has 2 atom stereocenters. The van der Waals surface area contributed by atoms with Gasteiger partial charge in [0.15, 0.2) is 5.96 Å². The number of guanidine groups is 1. The third-order valence-corrected chi connectivity index (χ3v) is 4.12. The van der Waals surface area contributed by atoms with E-state index in [1.165, 1.54) is 12.8 Å². The lowest BCUT2D eigenvalue weighted by Crippen LogP contribution is -2.42. The van der Waals surface area contributed by atoms with Gasteiger partial charge in [-0.3, -0.25) is 4.99 Å². The van der Waals surface area contributed by atoms with E-state index in [0.29, 0.717) is 36.6 Å². The summed E-state index contributed by atoms with van der Waals surface area (Å²) in [4.78, 5) is 4.41. The Balaban J connectivity index is 0.00000364. The minimum Gasteiger partial charge on any atom is -0.489 e. The Bertz CT molecular complexity index is 556. The molecule has 0 amide bonds. The fourth-order valence-electron chi connectivity index (χ4n) is 2.27. The van der Waals surface area contributed by atoms with Gasteiger partial charge in [-0.2, -0.15) is 0 Å². The van der Waals surface area contributed by atoms with Crippen LogP contribution in [0, 0.1) is 5.92 Å². The maximum Gasteiger partial charge on any atom is 0.191 e. The fourth-order valence-corrected chi connectivity index (χ4v) is 2.40. The Morgan fingerprint density at radius 3 is 2.63 bits per heavy atom. The summed E-state index contributed by atoms with van der Waals surface area (Å²) < 4.78 is 11.3. The number of aliphatic hydroxyl groups is 1. The van der Waals surface area contributed by atoms with Crippen LogP contribution < -0.4 is 15.4 Å². The number of aliphatic hydroxyl groups excluding tert-OH is 1. The summed E-state index contributed by atoms with van der Waals surface area (Å²) in [6.07, 6.45) is 1.86. The number of ether oxygens (including phenoxy) is 2. The molecule has 2 unspecified atom stereocenters. The van der Waals surface area contributed by atoms with Crippen LogP contribution in [0.4, 0.5) is 0 Å². The first kappa shape index (κ1) is 24.3. The van der Waals surface area contributed by atoms with Gasteiger partial charge >= 0.3 is 0 Å². The van der Waals surface area contributed by atoms with Crippen molar-refractivity contribution in [2.24, 2.45) is 10.9 Å². The van der Waals surface area contributed by atoms with Crippen molar-refractivity contribution in [2.45, 2.75) is 38.9 Å². The van der Waals surface area contributed by atoms with Crippen LogP contribution in [0.15, 0.2) is 29.3 Å². The summed E-state index contributed by atoms with van der Waals surface area (Å²) in [7, 11) is 0. The Morgan fingerprint density at radius 2 is 2.00 bits per heavy atom. The normalized spacial score (nSPS) is 16.2. The van der Waals surface area contributed by atoms with Crippen LogP contribution in [0.25, 0.3) is 0 Å². The zero-order chi connectivity index (χ0) is 18.8. The van der Waals surface area contributed by atoms with Gasteiger partial charge in [0.1, 0.15) is 11.9 Å². The summed E-state index contributed by atoms with van der Waals surface area (Å²) in [6.45, 7) is 6.68. The van der Waals surface area contributed by atoms with Crippen molar-refractivity contribution in [1.82, 2.24) is 10.6 Å². The molecule has 8 heteroatoms. The fraction of sp³-hybridized carbons (Fsp3) is 0.632. The number of rotatable bonds is 11. The van der Waals surface area contributed by atoms with Crippen molar-refractivity contribution >= 4 is 41.5 Å². The molecule has 0 bridgehead atoms. The van der Waals surface area contributed by atoms with Crippen molar-refractivity contribution in [1.29, 1.82) is 0 Å². The first-order valence-corrected chi connectivity index (χ1v) is 9.64. The Kier molecular flexibility index (Phi) is 12.1. The molecule has 0 saturated heterocycles. The van der Waals surface area contributed by atoms with Gasteiger partial charge < -0.3 is 25.2 Å². The summed E-state index contributed by atoms with van der Waals surface area (Å²) in [6, 6.07) is 7.29. The van der Waals surface area contributed by atoms with Crippen molar-refractivity contribution < 1.29 is 14.6 Å². The number of nitrogens with zero attached hydrogens (tertiary/aromatic N) is 1. The molecule has 0 aliphatic heterocycles. The molecule has 1 aliphatic rings. The highest BCUT2D eigenvalue weighted by molar-refractivity contribution is 14.0. The summed E-state index contributed by atoms with van der Waals surface area (Å²) in [5, 5.41) is 17.0. The molecule has 1 saturated carbocycles. The molecule has 0 radical (unpaired) electrons. The first-order chi connectivity index (χ1) is 12.6. The molecular weight excluding hydrogens is 481 g/mol. The van der Waals surface area contributed by atoms with E-state index in [4.69, 9.17) is 21.1 Å². The molecule has 1 aromatic rings. The smallest absolute Gasteiger partial charge is 0.191 e. The van der Waals surface area contributed by atoms with Crippen molar-refractivity contribution in [3.05, 3.63) is 29.3 Å². The average Bonchev–Trinajstić information content (AvgIpc) is 3.44. The maximum atomic E-state index is 9.97. The van der Waals surface area contributed by atoms with Crippen LogP contribution >= 0.6 is 35.6 Å². The van der Waals surface area contributed by atoms with E-state index in [2.05, 4.69) is 15.6 Å². The molecular formula is C19H31ClIN3O3. The van der Waals surface area contributed by atoms with E-state index in [1.54, 1.807) is 12.1 Å². The summed E-state index contributed by atoms with van der Waals surface area (Å²) in [5.41, 5.74) is 0. The molecule has 1 fully saturated rings. The molecule has 2 rings (SSSR count). The zero-order valence-electron chi connectivity index (χ0n) is 16.0. The maximum absolute atomic E-state index is 9.97. The largest absolute Gasteiger partial charge is 0.489 e. The van der Waals surface area contributed by atoms with Crippen molar-refractivity contribution in [3.8, 4) is 5.75 Å². The predicted molar refractivity (Wildman–Crippen MR) is 120 cm³/mol. The number of halogens is 2. The van der Waals surface area contributed by atoms with Gasteiger partial charge in [-0.05, 0) is 56.9 Å². The predicted octanol–water partition coefficient (Wildman–Crippen LogP) is 3.07. The van der Waals surface area contributed by atoms with Crippen LogP contribution in [-0.4, -0.2) is 56.1 Å². The molecule has 1 aliphatic carbocycles. The standard InChI is InChI=1S/C19H30ClN3O3.HI/c1-3-21-19(23-11-17(24)13-25-12-15-4-5-15)22-10-14(2)26-18-8-6-16(20)7-9-18;/h6-9,14-15,17,24H,3-5,10-13H2,1-2H3,(H2,21,22,23);1H. The highest BCUT2D eigenvalue weighted by Crippen LogP contribution is 2.28. The Hall–Kier alpha value is -0.770. The SMILES string of the molecule is CCNC(=NCC(O)COCC1CC1)NCC(C)Oc1ccc(Cl)cc1.I. The van der Waals surface area contributed by atoms with Crippen LogP contribution in [0.2, 0.25) is 5.02 Å². The van der Waals surface area contributed by atoms with Crippen molar-refractivity contribution in [3.63, 3.8) is 0 Å². The third kappa shape index (κ3) is 11.0. The minimum atomic E-state index is -0.591. The zero-order valence-corrected chi connectivity index (χ0v) is 19.1. The van der Waals surface area contributed by atoms with Crippen LogP contribution in [0.1, 0.15) is 26.7 Å². The van der Waals surface area contributed by atoms with Gasteiger partial charge in [0, 0.05) is 18.2 Å². The van der Waals surface area contributed by atoms with Gasteiger partial charge in [-0.15, -0.1) is 24.0 Å². The van der Waals surface area contributed by atoms with Gasteiger partial charge in [-0.1, -0.05) is 11.6 Å². The second-order valence-electron chi connectivity index (χ2n) is 6.62. The lowest BCUT2D eigenvalue weighted by molar-refractivity contribution is 0.0368. The van der Waals surface area contributed by atoms with Gasteiger partial charge in [-0.25, -0.2) is 0 Å². The minimum absolute atomic E-state index is 0. The molecule has 1 aromatic carbocycles. The molecule has 27 heavy (non-hydrogen) atoms. The number of benzene rings is 1. The van der Waals surface area contributed by atoms with Gasteiger partial charge in [0.05, 0.1) is 25.8 Å². The van der Waals surface area contributed by atoms with E-state index in [0.717, 1.165) is 18.9 Å². The van der Waals surface area contributed by atoms with Crippen LogP contribution in [-0.2, 0) is 4.74 Å². The van der Waals surface area contributed by atoms with Gasteiger partial charge in [0.25, 0.3) is 0 Å². The molecule has 3 N–H and O–H groups in total. The quantitative estimate of drug-likeness (QED) is 0.242. The van der Waals surface area contributed by atoms with Crippen LogP contribution in [0.5, 0.6) is 5.75 Å². The molecule has 154 valence electrons. The Labute approximate surface area is 184 Å². The highest BCUT2D eigenvalue weighted by atomic mass is 127. The topological polar surface area (TPSA) is 75.1 Å². The second-order valence-corrected chi connectivity index (χ2v) is 7.05. The van der Waals surface area contributed by atoms with E-state index in [-0.39, 0.29) is 30.1 Å². The van der Waals surface area contributed by atoms with E-state index in [1.807, 2.05) is 26.0 Å². The molecule has 0 aromatic heterocycles. The number of nitrogens with one attached hydrogen (secondary N) is 2. The third-order valence-electron chi connectivity index (χ3n) is 3.87. The molecule has 6 nitrogen and oxygen atoms in total. The number of hydrogen-bond donors (Lipinski definition) is 3. The van der Waals surface area contributed by atoms with Crippen molar-refractivity contribution in [2.75, 3.05) is 32.8 Å². The van der Waals surface area contributed by atoms with Gasteiger partial charge in [0.2, 0.25) is 0 Å². The monoisotopic (exact) mass is 511 g/mol. The molecule has 0 spiro atoms. The lowest BCUT2D eigenvalue weighted by atomic mass is 10.3. The number of hydrogen-bond acceptors (Lipinski definition) is 4. The van der Waals surface area contributed by atoms with E-state index < -0.39 is 6.10 Å².